The van der Waals surface area contributed by atoms with Crippen molar-refractivity contribution in [2.75, 3.05) is 13.2 Å². The van der Waals surface area contributed by atoms with E-state index in [0.29, 0.717) is 19.3 Å². The maximum atomic E-state index is 11.7. The zero-order chi connectivity index (χ0) is 15.1. The van der Waals surface area contributed by atoms with Gasteiger partial charge in [0.2, 0.25) is 5.76 Å². The first-order valence-electron chi connectivity index (χ1n) is 7.40. The highest BCUT2D eigenvalue weighted by Gasteiger charge is 2.15. The third kappa shape index (κ3) is 4.90. The number of hydrogen-bond donors (Lipinski definition) is 2. The van der Waals surface area contributed by atoms with E-state index in [9.17, 15) is 9.59 Å². The van der Waals surface area contributed by atoms with Gasteiger partial charge in [-0.15, -0.1) is 0 Å². The molecule has 0 saturated heterocycles. The molecule has 116 valence electrons. The molecule has 1 aromatic heterocycles. The third-order valence-electron chi connectivity index (χ3n) is 3.55. The molecule has 1 aliphatic carbocycles. The monoisotopic (exact) mass is 295 g/mol. The number of carboxylic acid groups (broad SMARTS) is 1. The van der Waals surface area contributed by atoms with Crippen LogP contribution in [0, 0.1) is 0 Å². The molecule has 2 N–H and O–H groups in total. The number of nitrogens with one attached hydrogen (secondary N) is 1. The van der Waals surface area contributed by atoms with E-state index in [1.165, 1.54) is 31.4 Å². The van der Waals surface area contributed by atoms with Crippen LogP contribution in [0.4, 0.5) is 0 Å². The topological polar surface area (TPSA) is 88.8 Å². The molecule has 0 aromatic carbocycles. The molecule has 21 heavy (non-hydrogen) atoms. The van der Waals surface area contributed by atoms with Gasteiger partial charge < -0.3 is 19.6 Å². The Hall–Kier alpha value is -1.82. The van der Waals surface area contributed by atoms with Crippen LogP contribution in [0.1, 0.15) is 59.6 Å². The van der Waals surface area contributed by atoms with E-state index < -0.39 is 11.9 Å². The number of rotatable bonds is 7. The number of carboxylic acids is 1. The Morgan fingerprint density at radius 1 is 1.24 bits per heavy atom. The molecule has 1 aromatic rings. The van der Waals surface area contributed by atoms with Crippen LogP contribution < -0.4 is 5.32 Å². The number of amides is 1. The van der Waals surface area contributed by atoms with E-state index in [1.54, 1.807) is 0 Å². The fraction of sp³-hybridized carbons (Fsp3) is 0.600. The van der Waals surface area contributed by atoms with Crippen molar-refractivity contribution in [3.63, 3.8) is 0 Å². The van der Waals surface area contributed by atoms with Crippen molar-refractivity contribution in [1.82, 2.24) is 5.32 Å². The van der Waals surface area contributed by atoms with Gasteiger partial charge in [-0.05, 0) is 31.4 Å². The number of carbonyl (C=O) groups excluding carboxylic acids is 1. The van der Waals surface area contributed by atoms with Gasteiger partial charge in [0.1, 0.15) is 0 Å². The number of furan rings is 1. The molecule has 6 nitrogen and oxygen atoms in total. The zero-order valence-electron chi connectivity index (χ0n) is 12.0. The van der Waals surface area contributed by atoms with Gasteiger partial charge in [-0.1, -0.05) is 19.3 Å². The van der Waals surface area contributed by atoms with Crippen LogP contribution in [0.5, 0.6) is 0 Å². The average molecular weight is 295 g/mol. The Morgan fingerprint density at radius 2 is 1.95 bits per heavy atom. The van der Waals surface area contributed by atoms with E-state index in [1.807, 2.05) is 0 Å². The quantitative estimate of drug-likeness (QED) is 0.754. The van der Waals surface area contributed by atoms with Gasteiger partial charge in [0.25, 0.3) is 5.91 Å². The van der Waals surface area contributed by atoms with Crippen LogP contribution in [0.25, 0.3) is 0 Å². The Morgan fingerprint density at radius 3 is 2.62 bits per heavy atom. The summed E-state index contributed by atoms with van der Waals surface area (Å²) < 4.78 is 10.7. The number of hydrogen-bond acceptors (Lipinski definition) is 4. The highest BCUT2D eigenvalue weighted by molar-refractivity contribution is 5.93. The Bertz CT molecular complexity index is 476. The van der Waals surface area contributed by atoms with Crippen molar-refractivity contribution in [3.8, 4) is 0 Å². The van der Waals surface area contributed by atoms with Gasteiger partial charge in [-0.2, -0.15) is 0 Å². The maximum Gasteiger partial charge on any atom is 0.371 e. The second-order valence-electron chi connectivity index (χ2n) is 5.21. The van der Waals surface area contributed by atoms with Crippen LogP contribution >= 0.6 is 0 Å². The lowest BCUT2D eigenvalue weighted by molar-refractivity contribution is 0.0273. The normalized spacial score (nSPS) is 15.8. The van der Waals surface area contributed by atoms with Crippen molar-refractivity contribution >= 4 is 11.9 Å². The van der Waals surface area contributed by atoms with Crippen LogP contribution in [0.15, 0.2) is 16.5 Å². The lowest BCUT2D eigenvalue weighted by atomic mass is 9.98. The van der Waals surface area contributed by atoms with E-state index in [2.05, 4.69) is 5.32 Å². The average Bonchev–Trinajstić information content (AvgIpc) is 2.98. The predicted octanol–water partition coefficient (Wildman–Crippen LogP) is 2.45. The molecule has 0 spiro atoms. The Labute approximate surface area is 123 Å². The summed E-state index contributed by atoms with van der Waals surface area (Å²) in [6.07, 6.45) is 7.16. The summed E-state index contributed by atoms with van der Waals surface area (Å²) in [5.74, 6) is -1.81. The fourth-order valence-electron chi connectivity index (χ4n) is 2.42. The summed E-state index contributed by atoms with van der Waals surface area (Å²) in [6, 6.07) is 2.63. The molecule has 1 amide bonds. The summed E-state index contributed by atoms with van der Waals surface area (Å²) in [5.41, 5.74) is 0. The zero-order valence-corrected chi connectivity index (χ0v) is 12.0. The molecule has 0 radical (unpaired) electrons. The minimum Gasteiger partial charge on any atom is -0.475 e. The molecule has 1 fully saturated rings. The van der Waals surface area contributed by atoms with Gasteiger partial charge in [0, 0.05) is 13.2 Å². The van der Waals surface area contributed by atoms with Crippen LogP contribution in [-0.4, -0.2) is 36.2 Å². The van der Waals surface area contributed by atoms with Gasteiger partial charge >= 0.3 is 5.97 Å². The number of ether oxygens (including phenoxy) is 1. The highest BCUT2D eigenvalue weighted by Crippen LogP contribution is 2.20. The Kier molecular flexibility index (Phi) is 5.80. The van der Waals surface area contributed by atoms with Crippen molar-refractivity contribution in [2.24, 2.45) is 0 Å². The largest absolute Gasteiger partial charge is 0.475 e. The fourth-order valence-corrected chi connectivity index (χ4v) is 2.42. The summed E-state index contributed by atoms with van der Waals surface area (Å²) in [4.78, 5) is 22.4. The minimum atomic E-state index is -1.19. The van der Waals surface area contributed by atoms with Crippen molar-refractivity contribution in [1.29, 1.82) is 0 Å². The molecule has 1 aliphatic rings. The molecule has 0 bridgehead atoms. The SMILES string of the molecule is O=C(O)c1ccc(C(=O)NCCCOC2CCCCC2)o1. The maximum absolute atomic E-state index is 11.7. The van der Waals surface area contributed by atoms with E-state index >= 15 is 0 Å². The van der Waals surface area contributed by atoms with Crippen LogP contribution in [0.3, 0.4) is 0 Å². The molecular weight excluding hydrogens is 274 g/mol. The lowest BCUT2D eigenvalue weighted by Crippen LogP contribution is -2.26. The summed E-state index contributed by atoms with van der Waals surface area (Å²) in [5, 5.41) is 11.4. The van der Waals surface area contributed by atoms with Gasteiger partial charge in [0.15, 0.2) is 5.76 Å². The minimum absolute atomic E-state index is 0.0144. The summed E-state index contributed by atoms with van der Waals surface area (Å²) in [6.45, 7) is 1.11. The standard InChI is InChI=1S/C15H21NO5/c17-14(12-7-8-13(21-12)15(18)19)16-9-4-10-20-11-5-2-1-3-6-11/h7-8,11H,1-6,9-10H2,(H,16,17)(H,18,19). The van der Waals surface area contributed by atoms with E-state index in [0.717, 1.165) is 19.3 Å². The molecule has 2 rings (SSSR count). The second-order valence-corrected chi connectivity index (χ2v) is 5.21. The van der Waals surface area contributed by atoms with Gasteiger partial charge in [0.05, 0.1) is 6.10 Å². The van der Waals surface area contributed by atoms with E-state index in [-0.39, 0.29) is 11.5 Å². The predicted molar refractivity (Wildman–Crippen MR) is 75.4 cm³/mol. The first-order chi connectivity index (χ1) is 10.2. The Balaban J connectivity index is 1.61. The summed E-state index contributed by atoms with van der Waals surface area (Å²) >= 11 is 0. The number of carbonyl (C=O) groups is 2. The number of aromatic carboxylic acids is 1. The second kappa shape index (κ2) is 7.83. The lowest BCUT2D eigenvalue weighted by Gasteiger charge is -2.21. The smallest absolute Gasteiger partial charge is 0.371 e. The molecule has 6 heteroatoms. The molecule has 1 heterocycles. The first kappa shape index (κ1) is 15.6. The van der Waals surface area contributed by atoms with Crippen LogP contribution in [0.2, 0.25) is 0 Å². The first-order valence-corrected chi connectivity index (χ1v) is 7.40. The van der Waals surface area contributed by atoms with Gasteiger partial charge in [-0.25, -0.2) is 4.79 Å². The third-order valence-corrected chi connectivity index (χ3v) is 3.55. The van der Waals surface area contributed by atoms with Crippen molar-refractivity contribution < 1.29 is 23.8 Å². The van der Waals surface area contributed by atoms with Crippen molar-refractivity contribution in [2.45, 2.75) is 44.6 Å². The van der Waals surface area contributed by atoms with E-state index in [4.69, 9.17) is 14.3 Å². The van der Waals surface area contributed by atoms with Gasteiger partial charge in [-0.3, -0.25) is 4.79 Å². The summed E-state index contributed by atoms with van der Waals surface area (Å²) in [7, 11) is 0. The molecule has 0 aliphatic heterocycles. The molecular formula is C15H21NO5. The molecule has 1 saturated carbocycles. The molecule has 0 unspecified atom stereocenters. The van der Waals surface area contributed by atoms with Crippen molar-refractivity contribution in [3.05, 3.63) is 23.7 Å². The highest BCUT2D eigenvalue weighted by atomic mass is 16.5. The molecule has 0 atom stereocenters. The van der Waals surface area contributed by atoms with Crippen LogP contribution in [-0.2, 0) is 4.74 Å².